The Balaban J connectivity index is 2.74. The zero-order valence-electron chi connectivity index (χ0n) is 6.38. The monoisotopic (exact) mass is 187 g/mol. The molecule has 3 N–H and O–H groups in total. The summed E-state index contributed by atoms with van der Waals surface area (Å²) in [6.45, 7) is 0. The maximum Gasteiger partial charge on any atom is 0.308 e. The highest BCUT2D eigenvalue weighted by Gasteiger charge is 2.53. The molecule has 0 heterocycles. The van der Waals surface area contributed by atoms with Crippen LogP contribution in [-0.4, -0.2) is 33.2 Å². The second-order valence-electron chi connectivity index (χ2n) is 2.78. The molecule has 0 aromatic carbocycles. The molecule has 1 aliphatic carbocycles. The lowest BCUT2D eigenvalue weighted by Crippen LogP contribution is -2.50. The van der Waals surface area contributed by atoms with Crippen LogP contribution in [0.4, 0.5) is 0 Å². The largest absolute Gasteiger partial charge is 0.481 e. The predicted octanol–water partition coefficient (Wildman–Crippen LogP) is -0.693. The maximum atomic E-state index is 10.5. The Labute approximate surface area is 72.8 Å². The predicted molar refractivity (Wildman–Crippen MR) is 37.7 cm³/mol. The van der Waals surface area contributed by atoms with Gasteiger partial charge in [-0.3, -0.25) is 14.4 Å². The van der Waals surface area contributed by atoms with Gasteiger partial charge in [-0.2, -0.15) is 0 Å². The van der Waals surface area contributed by atoms with Crippen LogP contribution in [0.3, 0.4) is 0 Å². The van der Waals surface area contributed by atoms with Crippen molar-refractivity contribution in [2.45, 2.75) is 0 Å². The normalized spacial score (nSPS) is 31.8. The third-order valence-corrected chi connectivity index (χ3v) is 2.04. The first-order chi connectivity index (χ1) is 5.95. The fourth-order valence-electron chi connectivity index (χ4n) is 1.32. The Morgan fingerprint density at radius 1 is 0.846 bits per heavy atom. The molecule has 0 saturated heterocycles. The van der Waals surface area contributed by atoms with Gasteiger partial charge in [0.05, 0.1) is 17.8 Å². The average Bonchev–Trinajstić information content (AvgIpc) is 1.79. The van der Waals surface area contributed by atoms with Crippen molar-refractivity contribution >= 4 is 17.9 Å². The van der Waals surface area contributed by atoms with E-state index in [-0.39, 0.29) is 0 Å². The van der Waals surface area contributed by atoms with Crippen LogP contribution in [0.15, 0.2) is 0 Å². The first-order valence-corrected chi connectivity index (χ1v) is 3.48. The van der Waals surface area contributed by atoms with Crippen LogP contribution in [0.5, 0.6) is 0 Å². The highest BCUT2D eigenvalue weighted by molar-refractivity contribution is 5.91. The molecule has 0 aromatic heterocycles. The molecule has 0 bridgehead atoms. The molecular weight excluding hydrogens is 180 g/mol. The van der Waals surface area contributed by atoms with Crippen LogP contribution in [0.25, 0.3) is 0 Å². The molecule has 2 atom stereocenters. The third-order valence-electron chi connectivity index (χ3n) is 2.04. The van der Waals surface area contributed by atoms with Gasteiger partial charge in [0, 0.05) is 0 Å². The van der Waals surface area contributed by atoms with Crippen LogP contribution < -0.4 is 0 Å². The number of hydrogen-bond donors (Lipinski definition) is 3. The highest BCUT2D eigenvalue weighted by Crippen LogP contribution is 2.39. The zero-order chi connectivity index (χ0) is 10.2. The van der Waals surface area contributed by atoms with Crippen LogP contribution in [-0.2, 0) is 14.4 Å². The number of carboxylic acids is 3. The van der Waals surface area contributed by atoms with Gasteiger partial charge in [0.1, 0.15) is 0 Å². The SMILES string of the molecule is O=C(O)C1[CH]C(C(=O)O)C1C(=O)O. The van der Waals surface area contributed by atoms with Crippen molar-refractivity contribution in [2.24, 2.45) is 17.8 Å². The Morgan fingerprint density at radius 3 is 1.46 bits per heavy atom. The Bertz CT molecular complexity index is 250. The van der Waals surface area contributed by atoms with Gasteiger partial charge < -0.3 is 15.3 Å². The van der Waals surface area contributed by atoms with Crippen molar-refractivity contribution in [1.82, 2.24) is 0 Å². The van der Waals surface area contributed by atoms with E-state index in [2.05, 4.69) is 0 Å². The molecule has 1 radical (unpaired) electrons. The second-order valence-corrected chi connectivity index (χ2v) is 2.78. The summed E-state index contributed by atoms with van der Waals surface area (Å²) in [7, 11) is 0. The molecule has 0 spiro atoms. The summed E-state index contributed by atoms with van der Waals surface area (Å²) >= 11 is 0. The van der Waals surface area contributed by atoms with Gasteiger partial charge in [0.15, 0.2) is 0 Å². The zero-order valence-corrected chi connectivity index (χ0v) is 6.38. The lowest BCUT2D eigenvalue weighted by atomic mass is 9.64. The van der Waals surface area contributed by atoms with E-state index >= 15 is 0 Å². The highest BCUT2D eigenvalue weighted by atomic mass is 16.4. The van der Waals surface area contributed by atoms with Crippen molar-refractivity contribution in [3.8, 4) is 0 Å². The van der Waals surface area contributed by atoms with E-state index in [1.165, 1.54) is 0 Å². The topological polar surface area (TPSA) is 112 Å². The van der Waals surface area contributed by atoms with Gasteiger partial charge in [0.25, 0.3) is 0 Å². The van der Waals surface area contributed by atoms with Crippen LogP contribution in [0, 0.1) is 24.2 Å². The number of carbonyl (C=O) groups is 3. The quantitative estimate of drug-likeness (QED) is 0.539. The maximum absolute atomic E-state index is 10.5. The summed E-state index contributed by atoms with van der Waals surface area (Å²) in [4.78, 5) is 31.2. The van der Waals surface area contributed by atoms with Crippen molar-refractivity contribution in [2.75, 3.05) is 0 Å². The summed E-state index contributed by atoms with van der Waals surface area (Å²) in [6.07, 6.45) is 1.02. The molecule has 0 aromatic rings. The molecule has 0 amide bonds. The second kappa shape index (κ2) is 3.04. The fourth-order valence-corrected chi connectivity index (χ4v) is 1.32. The lowest BCUT2D eigenvalue weighted by molar-refractivity contribution is -0.167. The fraction of sp³-hybridized carbons (Fsp3) is 0.429. The Hall–Kier alpha value is -1.59. The molecule has 1 aliphatic rings. The van der Waals surface area contributed by atoms with E-state index < -0.39 is 35.7 Å². The summed E-state index contributed by atoms with van der Waals surface area (Å²) in [5.74, 6) is -7.69. The molecule has 1 saturated carbocycles. The first-order valence-electron chi connectivity index (χ1n) is 3.48. The Morgan fingerprint density at radius 2 is 1.23 bits per heavy atom. The van der Waals surface area contributed by atoms with Crippen molar-refractivity contribution in [3.63, 3.8) is 0 Å². The first kappa shape index (κ1) is 9.50. The van der Waals surface area contributed by atoms with E-state index in [1.54, 1.807) is 0 Å². The van der Waals surface area contributed by atoms with Gasteiger partial charge in [-0.1, -0.05) is 0 Å². The smallest absolute Gasteiger partial charge is 0.308 e. The molecule has 6 nitrogen and oxygen atoms in total. The van der Waals surface area contributed by atoms with Gasteiger partial charge >= 0.3 is 17.9 Å². The summed E-state index contributed by atoms with van der Waals surface area (Å²) in [5.41, 5.74) is 0. The molecule has 2 unspecified atom stereocenters. The summed E-state index contributed by atoms with van der Waals surface area (Å²) < 4.78 is 0. The lowest BCUT2D eigenvalue weighted by Gasteiger charge is -2.35. The molecule has 71 valence electrons. The van der Waals surface area contributed by atoms with Crippen LogP contribution in [0.2, 0.25) is 0 Å². The Kier molecular flexibility index (Phi) is 2.22. The summed E-state index contributed by atoms with van der Waals surface area (Å²) in [6, 6.07) is 0. The molecule has 1 rings (SSSR count). The van der Waals surface area contributed by atoms with Crippen molar-refractivity contribution in [3.05, 3.63) is 6.42 Å². The van der Waals surface area contributed by atoms with Crippen molar-refractivity contribution < 1.29 is 29.7 Å². The van der Waals surface area contributed by atoms with E-state index in [9.17, 15) is 14.4 Å². The average molecular weight is 187 g/mol. The molecule has 13 heavy (non-hydrogen) atoms. The van der Waals surface area contributed by atoms with E-state index in [0.717, 1.165) is 6.42 Å². The standard InChI is InChI=1S/C7H7O6/c8-5(9)2-1-3(6(10)11)4(2)7(12)13/h1-4H,(H,8,9)(H,10,11)(H,12,13). The number of aliphatic carboxylic acids is 3. The van der Waals surface area contributed by atoms with Gasteiger partial charge in [-0.15, -0.1) is 0 Å². The molecule has 0 aliphatic heterocycles. The van der Waals surface area contributed by atoms with Crippen molar-refractivity contribution in [1.29, 1.82) is 0 Å². The van der Waals surface area contributed by atoms with Gasteiger partial charge in [-0.05, 0) is 6.42 Å². The van der Waals surface area contributed by atoms with Crippen LogP contribution in [0.1, 0.15) is 0 Å². The third kappa shape index (κ3) is 1.47. The van der Waals surface area contributed by atoms with E-state index in [1.807, 2.05) is 0 Å². The van der Waals surface area contributed by atoms with Gasteiger partial charge in [0.2, 0.25) is 0 Å². The van der Waals surface area contributed by atoms with E-state index in [4.69, 9.17) is 15.3 Å². The minimum atomic E-state index is -1.39. The number of rotatable bonds is 3. The number of carboxylic acid groups (broad SMARTS) is 3. The summed E-state index contributed by atoms with van der Waals surface area (Å²) in [5, 5.41) is 25.5. The molecular formula is C7H7O6. The minimum absolute atomic E-state index is 1.02. The van der Waals surface area contributed by atoms with Gasteiger partial charge in [-0.25, -0.2) is 0 Å². The van der Waals surface area contributed by atoms with Crippen LogP contribution >= 0.6 is 0 Å². The minimum Gasteiger partial charge on any atom is -0.481 e. The molecule has 6 heteroatoms. The molecule has 1 fully saturated rings. The van der Waals surface area contributed by atoms with E-state index in [0.29, 0.717) is 0 Å². The number of hydrogen-bond acceptors (Lipinski definition) is 3.